The van der Waals surface area contributed by atoms with E-state index in [1.54, 1.807) is 0 Å². The second-order valence-corrected chi connectivity index (χ2v) is 4.73. The highest BCUT2D eigenvalue weighted by molar-refractivity contribution is 7.09. The Hall–Kier alpha value is -1.28. The van der Waals surface area contributed by atoms with E-state index >= 15 is 0 Å². The lowest BCUT2D eigenvalue weighted by molar-refractivity contribution is 0.800. The Morgan fingerprint density at radius 3 is 2.60 bits per heavy atom. The lowest BCUT2D eigenvalue weighted by atomic mass is 10.2. The van der Waals surface area contributed by atoms with Crippen molar-refractivity contribution in [3.05, 3.63) is 52.7 Å². The van der Waals surface area contributed by atoms with Crippen LogP contribution >= 0.6 is 11.3 Å². The molecule has 1 atom stereocenters. The summed E-state index contributed by atoms with van der Waals surface area (Å²) >= 11 is 1.82. The van der Waals surface area contributed by atoms with Crippen molar-refractivity contribution in [2.75, 3.05) is 5.32 Å². The normalized spacial score (nSPS) is 12.3. The van der Waals surface area contributed by atoms with Gasteiger partial charge in [0.25, 0.3) is 0 Å². The third kappa shape index (κ3) is 3.10. The van der Waals surface area contributed by atoms with Gasteiger partial charge in [-0.25, -0.2) is 0 Å². The minimum atomic E-state index is 0.478. The van der Waals surface area contributed by atoms with E-state index in [-0.39, 0.29) is 0 Å². The summed E-state index contributed by atoms with van der Waals surface area (Å²) in [7, 11) is 0. The van der Waals surface area contributed by atoms with Crippen molar-refractivity contribution in [3.63, 3.8) is 0 Å². The number of hydrogen-bond acceptors (Lipinski definition) is 2. The average Bonchev–Trinajstić information content (AvgIpc) is 2.71. The van der Waals surface area contributed by atoms with E-state index in [1.165, 1.54) is 10.6 Å². The SMILES string of the molecule is CC(Cc1cccs1)Nc1ccccc1. The van der Waals surface area contributed by atoms with E-state index in [2.05, 4.69) is 54.0 Å². The molecule has 0 aliphatic heterocycles. The summed E-state index contributed by atoms with van der Waals surface area (Å²) in [4.78, 5) is 1.44. The summed E-state index contributed by atoms with van der Waals surface area (Å²) in [5, 5.41) is 5.62. The molecular formula is C13H15NS. The summed E-state index contributed by atoms with van der Waals surface area (Å²) < 4.78 is 0. The highest BCUT2D eigenvalue weighted by Crippen LogP contribution is 2.14. The molecule has 15 heavy (non-hydrogen) atoms. The summed E-state index contributed by atoms with van der Waals surface area (Å²) in [6, 6.07) is 15.1. The van der Waals surface area contributed by atoms with Gasteiger partial charge in [-0.3, -0.25) is 0 Å². The van der Waals surface area contributed by atoms with Crippen LogP contribution in [0.15, 0.2) is 47.8 Å². The predicted molar refractivity (Wildman–Crippen MR) is 67.5 cm³/mol. The van der Waals surface area contributed by atoms with Gasteiger partial charge in [-0.2, -0.15) is 0 Å². The lowest BCUT2D eigenvalue weighted by Gasteiger charge is -2.13. The molecule has 2 heteroatoms. The molecule has 0 aliphatic rings. The fraction of sp³-hybridized carbons (Fsp3) is 0.231. The van der Waals surface area contributed by atoms with E-state index in [0.717, 1.165) is 6.42 Å². The second-order valence-electron chi connectivity index (χ2n) is 3.69. The zero-order valence-electron chi connectivity index (χ0n) is 8.81. The molecule has 0 amide bonds. The van der Waals surface area contributed by atoms with Crippen LogP contribution in [0.1, 0.15) is 11.8 Å². The van der Waals surface area contributed by atoms with Crippen LogP contribution in [0, 0.1) is 0 Å². The molecule has 0 aliphatic carbocycles. The highest BCUT2D eigenvalue weighted by Gasteiger charge is 2.03. The van der Waals surface area contributed by atoms with E-state index in [0.29, 0.717) is 6.04 Å². The van der Waals surface area contributed by atoms with Gasteiger partial charge in [-0.1, -0.05) is 24.3 Å². The second kappa shape index (κ2) is 4.99. The van der Waals surface area contributed by atoms with E-state index in [9.17, 15) is 0 Å². The molecule has 1 nitrogen and oxygen atoms in total. The Bertz CT molecular complexity index is 380. The Balaban J connectivity index is 1.90. The van der Waals surface area contributed by atoms with E-state index in [1.807, 2.05) is 17.4 Å². The van der Waals surface area contributed by atoms with Crippen molar-refractivity contribution < 1.29 is 0 Å². The Morgan fingerprint density at radius 2 is 1.93 bits per heavy atom. The molecule has 0 fully saturated rings. The monoisotopic (exact) mass is 217 g/mol. The molecule has 2 rings (SSSR count). The third-order valence-electron chi connectivity index (χ3n) is 2.27. The maximum Gasteiger partial charge on any atom is 0.0342 e. The zero-order valence-corrected chi connectivity index (χ0v) is 9.63. The molecule has 0 radical (unpaired) electrons. The minimum absolute atomic E-state index is 0.478. The Morgan fingerprint density at radius 1 is 1.13 bits per heavy atom. The molecule has 0 spiro atoms. The van der Waals surface area contributed by atoms with E-state index < -0.39 is 0 Å². The smallest absolute Gasteiger partial charge is 0.0342 e. The fourth-order valence-corrected chi connectivity index (χ4v) is 2.44. The van der Waals surface area contributed by atoms with Crippen LogP contribution in [-0.2, 0) is 6.42 Å². The van der Waals surface area contributed by atoms with Gasteiger partial charge in [0, 0.05) is 23.0 Å². The van der Waals surface area contributed by atoms with Crippen LogP contribution in [0.5, 0.6) is 0 Å². The molecule has 0 saturated carbocycles. The van der Waals surface area contributed by atoms with Crippen LogP contribution in [0.2, 0.25) is 0 Å². The van der Waals surface area contributed by atoms with Gasteiger partial charge >= 0.3 is 0 Å². The number of anilines is 1. The van der Waals surface area contributed by atoms with Gasteiger partial charge in [-0.15, -0.1) is 11.3 Å². The molecule has 0 bridgehead atoms. The fourth-order valence-electron chi connectivity index (χ4n) is 1.60. The maximum atomic E-state index is 3.49. The first kappa shape index (κ1) is 10.2. The first-order valence-corrected chi connectivity index (χ1v) is 6.06. The summed E-state index contributed by atoms with van der Waals surface area (Å²) in [5.74, 6) is 0. The largest absolute Gasteiger partial charge is 0.382 e. The molecule has 2 aromatic rings. The lowest BCUT2D eigenvalue weighted by Crippen LogP contribution is -2.17. The van der Waals surface area contributed by atoms with Gasteiger partial charge in [-0.05, 0) is 30.5 Å². The Kier molecular flexibility index (Phi) is 3.41. The van der Waals surface area contributed by atoms with Crippen molar-refractivity contribution in [3.8, 4) is 0 Å². The van der Waals surface area contributed by atoms with Gasteiger partial charge in [0.05, 0.1) is 0 Å². The first-order valence-electron chi connectivity index (χ1n) is 5.18. The molecule has 1 unspecified atom stereocenters. The number of rotatable bonds is 4. The molecule has 78 valence electrons. The quantitative estimate of drug-likeness (QED) is 0.821. The summed E-state index contributed by atoms with van der Waals surface area (Å²) in [6.45, 7) is 2.22. The number of para-hydroxylation sites is 1. The molecule has 1 aromatic carbocycles. The molecule has 1 N–H and O–H groups in total. The number of hydrogen-bond donors (Lipinski definition) is 1. The number of nitrogens with one attached hydrogen (secondary N) is 1. The van der Waals surface area contributed by atoms with Crippen molar-refractivity contribution in [1.29, 1.82) is 0 Å². The van der Waals surface area contributed by atoms with Gasteiger partial charge in [0.1, 0.15) is 0 Å². The summed E-state index contributed by atoms with van der Waals surface area (Å²) in [6.07, 6.45) is 1.09. The zero-order chi connectivity index (χ0) is 10.5. The van der Waals surface area contributed by atoms with Crippen molar-refractivity contribution in [1.82, 2.24) is 0 Å². The van der Waals surface area contributed by atoms with Crippen LogP contribution in [0.4, 0.5) is 5.69 Å². The van der Waals surface area contributed by atoms with Crippen LogP contribution in [-0.4, -0.2) is 6.04 Å². The number of thiophene rings is 1. The van der Waals surface area contributed by atoms with E-state index in [4.69, 9.17) is 0 Å². The average molecular weight is 217 g/mol. The maximum absolute atomic E-state index is 3.49. The summed E-state index contributed by atoms with van der Waals surface area (Å²) in [5.41, 5.74) is 1.20. The van der Waals surface area contributed by atoms with Crippen molar-refractivity contribution in [2.45, 2.75) is 19.4 Å². The third-order valence-corrected chi connectivity index (χ3v) is 3.17. The van der Waals surface area contributed by atoms with Crippen molar-refractivity contribution >= 4 is 17.0 Å². The highest BCUT2D eigenvalue weighted by atomic mass is 32.1. The van der Waals surface area contributed by atoms with Gasteiger partial charge < -0.3 is 5.32 Å². The van der Waals surface area contributed by atoms with Gasteiger partial charge in [0.15, 0.2) is 0 Å². The van der Waals surface area contributed by atoms with Crippen LogP contribution < -0.4 is 5.32 Å². The molecule has 1 aromatic heterocycles. The first-order chi connectivity index (χ1) is 7.34. The number of benzene rings is 1. The minimum Gasteiger partial charge on any atom is -0.382 e. The topological polar surface area (TPSA) is 12.0 Å². The van der Waals surface area contributed by atoms with Crippen molar-refractivity contribution in [2.24, 2.45) is 0 Å². The predicted octanol–water partition coefficient (Wildman–Crippen LogP) is 3.79. The molecule has 1 heterocycles. The van der Waals surface area contributed by atoms with Crippen LogP contribution in [0.25, 0.3) is 0 Å². The molecular weight excluding hydrogens is 202 g/mol. The Labute approximate surface area is 94.8 Å². The van der Waals surface area contributed by atoms with Crippen LogP contribution in [0.3, 0.4) is 0 Å². The standard InChI is InChI=1S/C13H15NS/c1-11(10-13-8-5-9-15-13)14-12-6-3-2-4-7-12/h2-9,11,14H,10H2,1H3. The van der Waals surface area contributed by atoms with Gasteiger partial charge in [0.2, 0.25) is 0 Å². The molecule has 0 saturated heterocycles.